The summed E-state index contributed by atoms with van der Waals surface area (Å²) in [6.07, 6.45) is -0.821. The van der Waals surface area contributed by atoms with E-state index in [4.69, 9.17) is 9.47 Å². The van der Waals surface area contributed by atoms with Gasteiger partial charge in [-0.25, -0.2) is 4.79 Å². The van der Waals surface area contributed by atoms with Crippen molar-refractivity contribution in [3.63, 3.8) is 0 Å². The van der Waals surface area contributed by atoms with E-state index in [1.807, 2.05) is 60.7 Å². The van der Waals surface area contributed by atoms with Crippen molar-refractivity contribution in [2.24, 2.45) is 5.11 Å². The quantitative estimate of drug-likeness (QED) is 0.212. The Morgan fingerprint density at radius 2 is 1.59 bits per heavy atom. The first-order valence-corrected chi connectivity index (χ1v) is 10.1. The number of carbonyl (C=O) groups is 1. The van der Waals surface area contributed by atoms with Crippen molar-refractivity contribution in [1.82, 2.24) is 4.57 Å². The molecular formula is C23H24N4O5. The average Bonchev–Trinajstić information content (AvgIpc) is 3.15. The number of benzene rings is 2. The Hall–Kier alpha value is -3.62. The molecule has 9 heteroatoms. The lowest BCUT2D eigenvalue weighted by Crippen LogP contribution is -2.24. The zero-order valence-corrected chi connectivity index (χ0v) is 17.6. The minimum absolute atomic E-state index is 0.114. The second-order valence-electron chi connectivity index (χ2n) is 6.77. The fourth-order valence-corrected chi connectivity index (χ4v) is 3.40. The van der Waals surface area contributed by atoms with Crippen molar-refractivity contribution >= 4 is 11.7 Å². The lowest BCUT2D eigenvalue weighted by Gasteiger charge is -2.18. The molecule has 0 aliphatic carbocycles. The zero-order valence-electron chi connectivity index (χ0n) is 17.6. The van der Waals surface area contributed by atoms with Crippen LogP contribution in [0.2, 0.25) is 0 Å². The van der Waals surface area contributed by atoms with Crippen LogP contribution >= 0.6 is 0 Å². The van der Waals surface area contributed by atoms with Crippen molar-refractivity contribution in [3.8, 4) is 22.5 Å². The molecule has 0 saturated carbocycles. The van der Waals surface area contributed by atoms with Crippen molar-refractivity contribution < 1.29 is 24.5 Å². The van der Waals surface area contributed by atoms with Gasteiger partial charge in [0.2, 0.25) is 0 Å². The van der Waals surface area contributed by atoms with Gasteiger partial charge < -0.3 is 24.3 Å². The number of hydrogen-bond acceptors (Lipinski definition) is 6. The number of rotatable bonds is 10. The normalized spacial score (nSPS) is 10.8. The van der Waals surface area contributed by atoms with Gasteiger partial charge in [-0.15, -0.1) is 0 Å². The van der Waals surface area contributed by atoms with Crippen LogP contribution in [0.3, 0.4) is 0 Å². The number of ether oxygens (including phenoxy) is 2. The van der Waals surface area contributed by atoms with E-state index in [0.717, 1.165) is 0 Å². The molecule has 3 rings (SSSR count). The summed E-state index contributed by atoms with van der Waals surface area (Å²) in [5.74, 6) is -0.634. The van der Waals surface area contributed by atoms with Crippen molar-refractivity contribution in [3.05, 3.63) is 76.7 Å². The highest BCUT2D eigenvalue weighted by Gasteiger charge is 2.29. The molecule has 0 atom stereocenters. The zero-order chi connectivity index (χ0) is 22.9. The molecule has 0 amide bonds. The van der Waals surface area contributed by atoms with Crippen LogP contribution in [0.5, 0.6) is 0 Å². The molecule has 0 radical (unpaired) electrons. The van der Waals surface area contributed by atoms with Crippen LogP contribution in [-0.4, -0.2) is 46.7 Å². The maximum atomic E-state index is 13.0. The molecule has 0 spiro atoms. The molecule has 0 fully saturated rings. The smallest absolute Gasteiger partial charge is 0.340 e. The van der Waals surface area contributed by atoms with E-state index < -0.39 is 12.1 Å². The third-order valence-corrected chi connectivity index (χ3v) is 4.80. The number of nitrogens with zero attached hydrogens (tertiary/aromatic N) is 4. The highest BCUT2D eigenvalue weighted by atomic mass is 16.5. The van der Waals surface area contributed by atoms with E-state index in [9.17, 15) is 20.5 Å². The van der Waals surface area contributed by atoms with Gasteiger partial charge >= 0.3 is 5.97 Å². The van der Waals surface area contributed by atoms with E-state index in [0.29, 0.717) is 22.5 Å². The first-order chi connectivity index (χ1) is 15.7. The van der Waals surface area contributed by atoms with Crippen LogP contribution in [0.25, 0.3) is 33.0 Å². The average molecular weight is 436 g/mol. The number of hydrogen-bond donors (Lipinski definition) is 2. The Kier molecular flexibility index (Phi) is 8.02. The molecule has 3 aromatic rings. The lowest BCUT2D eigenvalue weighted by atomic mass is 10.1. The molecule has 9 nitrogen and oxygen atoms in total. The maximum absolute atomic E-state index is 13.0. The number of aliphatic hydroxyl groups excluding tert-OH is 2. The molecule has 32 heavy (non-hydrogen) atoms. The third kappa shape index (κ3) is 4.82. The first kappa shape index (κ1) is 23.1. The summed E-state index contributed by atoms with van der Waals surface area (Å²) >= 11 is 0. The molecule has 0 saturated heterocycles. The van der Waals surface area contributed by atoms with Crippen molar-refractivity contribution in [1.29, 1.82) is 0 Å². The summed E-state index contributed by atoms with van der Waals surface area (Å²) in [6.45, 7) is 0.953. The molecule has 2 N–H and O–H groups in total. The molecule has 2 aromatic carbocycles. The Balaban J connectivity index is 2.37. The first-order valence-electron chi connectivity index (χ1n) is 10.1. The molecule has 1 aromatic heterocycles. The Bertz CT molecular complexity index is 1090. The predicted octanol–water partition coefficient (Wildman–Crippen LogP) is 4.27. The monoisotopic (exact) mass is 436 g/mol. The van der Waals surface area contributed by atoms with Gasteiger partial charge in [-0.2, -0.15) is 0 Å². The number of esters is 1. The Labute approximate surface area is 185 Å². The topological polar surface area (TPSA) is 130 Å². The van der Waals surface area contributed by atoms with E-state index in [2.05, 4.69) is 10.0 Å². The van der Waals surface area contributed by atoms with Crippen LogP contribution in [0.15, 0.2) is 65.8 Å². The number of azide groups is 1. The van der Waals surface area contributed by atoms with E-state index in [1.54, 1.807) is 11.5 Å². The largest absolute Gasteiger partial charge is 0.462 e. The SMILES string of the molecule is CCOC(=O)c1c(N=[N+]=[N-])c(-c2ccccc2)n(COC(CO)CO)c1-c1ccccc1. The summed E-state index contributed by atoms with van der Waals surface area (Å²) < 4.78 is 12.7. The Morgan fingerprint density at radius 1 is 1.03 bits per heavy atom. The molecule has 0 bridgehead atoms. The number of aromatic nitrogens is 1. The molecule has 0 aliphatic rings. The van der Waals surface area contributed by atoms with Crippen LogP contribution in [0.4, 0.5) is 5.69 Å². The van der Waals surface area contributed by atoms with E-state index in [1.165, 1.54) is 0 Å². The molecule has 0 unspecified atom stereocenters. The summed E-state index contributed by atoms with van der Waals surface area (Å²) in [6, 6.07) is 18.3. The summed E-state index contributed by atoms with van der Waals surface area (Å²) in [7, 11) is 0. The molecule has 0 aliphatic heterocycles. The van der Waals surface area contributed by atoms with E-state index in [-0.39, 0.29) is 37.8 Å². The molecular weight excluding hydrogens is 412 g/mol. The van der Waals surface area contributed by atoms with Gasteiger partial charge in [0.05, 0.1) is 42.5 Å². The Morgan fingerprint density at radius 3 is 2.09 bits per heavy atom. The fourth-order valence-electron chi connectivity index (χ4n) is 3.40. The minimum Gasteiger partial charge on any atom is -0.462 e. The predicted molar refractivity (Wildman–Crippen MR) is 119 cm³/mol. The van der Waals surface area contributed by atoms with Gasteiger partial charge in [0, 0.05) is 4.91 Å². The van der Waals surface area contributed by atoms with Gasteiger partial charge in [-0.3, -0.25) is 0 Å². The summed E-state index contributed by atoms with van der Waals surface area (Å²) in [4.78, 5) is 16.0. The van der Waals surface area contributed by atoms with Gasteiger partial charge in [-0.1, -0.05) is 65.8 Å². The maximum Gasteiger partial charge on any atom is 0.340 e. The summed E-state index contributed by atoms with van der Waals surface area (Å²) in [5, 5.41) is 22.8. The van der Waals surface area contributed by atoms with E-state index >= 15 is 0 Å². The van der Waals surface area contributed by atoms with Crippen LogP contribution in [0, 0.1) is 0 Å². The highest BCUT2D eigenvalue weighted by molar-refractivity contribution is 6.06. The van der Waals surface area contributed by atoms with Crippen LogP contribution in [-0.2, 0) is 16.2 Å². The molecule has 166 valence electrons. The highest BCUT2D eigenvalue weighted by Crippen LogP contribution is 2.43. The van der Waals surface area contributed by atoms with Gasteiger partial charge in [0.15, 0.2) is 0 Å². The van der Waals surface area contributed by atoms with Crippen LogP contribution in [0.1, 0.15) is 17.3 Å². The fraction of sp³-hybridized carbons (Fsp3) is 0.261. The van der Waals surface area contributed by atoms with Crippen molar-refractivity contribution in [2.75, 3.05) is 19.8 Å². The van der Waals surface area contributed by atoms with Crippen molar-refractivity contribution in [2.45, 2.75) is 19.8 Å². The second kappa shape index (κ2) is 11.1. The minimum atomic E-state index is -0.821. The number of carbonyl (C=O) groups excluding carboxylic acids is 1. The van der Waals surface area contributed by atoms with Crippen LogP contribution < -0.4 is 0 Å². The lowest BCUT2D eigenvalue weighted by molar-refractivity contribution is -0.0488. The standard InChI is InChI=1S/C23H24N4O5/c1-2-31-23(30)19-20(25-26-24)22(17-11-7-4-8-12-17)27(15-32-18(13-28)14-29)21(19)16-9-5-3-6-10-16/h3-12,18,28-29H,2,13-15H2,1H3. The number of aliphatic hydroxyl groups is 2. The molecule has 1 heterocycles. The van der Waals surface area contributed by atoms with Gasteiger partial charge in [0.25, 0.3) is 0 Å². The third-order valence-electron chi connectivity index (χ3n) is 4.80. The summed E-state index contributed by atoms with van der Waals surface area (Å²) in [5.41, 5.74) is 11.8. The van der Waals surface area contributed by atoms with Gasteiger partial charge in [0.1, 0.15) is 12.8 Å². The van der Waals surface area contributed by atoms with Gasteiger partial charge in [-0.05, 0) is 23.6 Å². The second-order valence-corrected chi connectivity index (χ2v) is 6.77.